The van der Waals surface area contributed by atoms with Crippen molar-refractivity contribution in [3.63, 3.8) is 0 Å². The van der Waals surface area contributed by atoms with E-state index in [0.717, 1.165) is 49.9 Å². The summed E-state index contributed by atoms with van der Waals surface area (Å²) in [5.41, 5.74) is 4.05. The van der Waals surface area contributed by atoms with Gasteiger partial charge in [0.25, 0.3) is 0 Å². The van der Waals surface area contributed by atoms with Gasteiger partial charge in [-0.25, -0.2) is 4.79 Å². The Labute approximate surface area is 281 Å². The van der Waals surface area contributed by atoms with Crippen molar-refractivity contribution < 1.29 is 62.0 Å². The molecular formula is C34H38N2O13. The number of Topliss-reactive ketones (excluding diaryl/α,β-unsaturated/α-hetero) is 1. The predicted molar refractivity (Wildman–Crippen MR) is 167 cm³/mol. The van der Waals surface area contributed by atoms with Crippen LogP contribution in [0.25, 0.3) is 11.1 Å². The van der Waals surface area contributed by atoms with Crippen molar-refractivity contribution in [2.75, 3.05) is 13.2 Å². The van der Waals surface area contributed by atoms with Gasteiger partial charge in [-0.15, -0.1) is 0 Å². The predicted octanol–water partition coefficient (Wildman–Crippen LogP) is 2.07. The van der Waals surface area contributed by atoms with Crippen LogP contribution in [0.2, 0.25) is 0 Å². The number of rotatable bonds is 12. The normalized spacial score (nSPS) is 21.5. The molecule has 6 atom stereocenters. The molecule has 4 rings (SSSR count). The topological polar surface area (TPSA) is 199 Å². The number of ketones is 1. The van der Waals surface area contributed by atoms with E-state index in [1.54, 1.807) is 0 Å². The largest absolute Gasteiger partial charge is 0.463 e. The third kappa shape index (κ3) is 9.41. The van der Waals surface area contributed by atoms with Gasteiger partial charge in [-0.1, -0.05) is 48.5 Å². The molecular weight excluding hydrogens is 644 g/mol. The van der Waals surface area contributed by atoms with E-state index in [1.165, 1.54) is 6.92 Å². The van der Waals surface area contributed by atoms with E-state index in [4.69, 9.17) is 28.4 Å². The van der Waals surface area contributed by atoms with Crippen LogP contribution in [0.15, 0.2) is 48.5 Å². The van der Waals surface area contributed by atoms with Gasteiger partial charge in [0, 0.05) is 33.6 Å². The van der Waals surface area contributed by atoms with Gasteiger partial charge < -0.3 is 39.1 Å². The molecule has 0 aromatic heterocycles. The van der Waals surface area contributed by atoms with Gasteiger partial charge in [-0.3, -0.25) is 28.8 Å². The summed E-state index contributed by atoms with van der Waals surface area (Å²) in [6.45, 7) is 4.97. The SMILES string of the molecule is CC(=O)OCC1O[C@@H](NC(=O)C[C@H](NC(=O)OCC2c3ccccc3-c3ccccc32)C(C)=O)C(OC(C)=O)[C@@H](OC(C)=O)[C@@H]1OC(C)=O. The summed E-state index contributed by atoms with van der Waals surface area (Å²) >= 11 is 0. The maximum Gasteiger partial charge on any atom is 0.407 e. The fourth-order valence-corrected chi connectivity index (χ4v) is 5.83. The van der Waals surface area contributed by atoms with E-state index in [2.05, 4.69) is 10.6 Å². The number of amides is 2. The van der Waals surface area contributed by atoms with Crippen molar-refractivity contribution in [2.24, 2.45) is 0 Å². The van der Waals surface area contributed by atoms with Gasteiger partial charge in [0.05, 0.1) is 12.5 Å². The van der Waals surface area contributed by atoms with Gasteiger partial charge in [-0.05, 0) is 29.2 Å². The lowest BCUT2D eigenvalue weighted by Crippen LogP contribution is -2.66. The summed E-state index contributed by atoms with van der Waals surface area (Å²) in [6.07, 6.45) is -8.83. The van der Waals surface area contributed by atoms with E-state index in [0.29, 0.717) is 0 Å². The molecule has 2 aliphatic rings. The van der Waals surface area contributed by atoms with Gasteiger partial charge in [0.2, 0.25) is 5.91 Å². The molecule has 0 radical (unpaired) electrons. The van der Waals surface area contributed by atoms with Crippen LogP contribution in [0, 0.1) is 0 Å². The second kappa shape index (κ2) is 16.2. The first-order valence-electron chi connectivity index (χ1n) is 15.5. The van der Waals surface area contributed by atoms with E-state index in [1.807, 2.05) is 48.5 Å². The molecule has 1 aliphatic carbocycles. The van der Waals surface area contributed by atoms with E-state index < -0.39 is 91.4 Å². The molecule has 49 heavy (non-hydrogen) atoms. The molecule has 1 fully saturated rings. The summed E-state index contributed by atoms with van der Waals surface area (Å²) in [6, 6.07) is 14.2. The van der Waals surface area contributed by atoms with Crippen LogP contribution in [0.3, 0.4) is 0 Å². The highest BCUT2D eigenvalue weighted by Gasteiger charge is 2.52. The maximum atomic E-state index is 13.3. The van der Waals surface area contributed by atoms with Gasteiger partial charge in [0.1, 0.15) is 19.3 Å². The standard InChI is InChI=1S/C34H38N2O13/c1-17(37)27(35-34(43)45-15-26-24-12-8-6-10-22(24)23-11-7-9-13-25(23)26)14-29(42)36-33-32(48-21(5)41)31(47-20(4)40)30(46-19(3)39)28(49-33)16-44-18(2)38/h6-13,26-28,30-33H,14-16H2,1-5H3,(H,35,43)(H,36,42)/t27-,28?,30+,31-,32?,33+/m0/s1. The van der Waals surface area contributed by atoms with E-state index >= 15 is 0 Å². The minimum Gasteiger partial charge on any atom is -0.463 e. The minimum atomic E-state index is -1.55. The smallest absolute Gasteiger partial charge is 0.407 e. The molecule has 1 saturated heterocycles. The van der Waals surface area contributed by atoms with Crippen LogP contribution < -0.4 is 10.6 Å². The summed E-state index contributed by atoms with van der Waals surface area (Å²) < 4.78 is 32.4. The molecule has 2 N–H and O–H groups in total. The lowest BCUT2D eigenvalue weighted by atomic mass is 9.97. The van der Waals surface area contributed by atoms with Crippen molar-refractivity contribution in [1.82, 2.24) is 10.6 Å². The van der Waals surface area contributed by atoms with Gasteiger partial charge in [-0.2, -0.15) is 0 Å². The lowest BCUT2D eigenvalue weighted by Gasteiger charge is -2.44. The number of hydrogen-bond acceptors (Lipinski definition) is 13. The van der Waals surface area contributed by atoms with Crippen LogP contribution in [-0.2, 0) is 57.2 Å². The number of ether oxygens (including phenoxy) is 6. The molecule has 2 amide bonds. The van der Waals surface area contributed by atoms with Crippen LogP contribution >= 0.6 is 0 Å². The Kier molecular flexibility index (Phi) is 12.1. The quantitative estimate of drug-likeness (QED) is 0.244. The first-order chi connectivity index (χ1) is 23.2. The first kappa shape index (κ1) is 36.5. The third-order valence-corrected chi connectivity index (χ3v) is 7.81. The maximum absolute atomic E-state index is 13.3. The summed E-state index contributed by atoms with van der Waals surface area (Å²) in [5, 5.41) is 4.89. The zero-order chi connectivity index (χ0) is 35.8. The Hall–Kier alpha value is -5.31. The number of alkyl carbamates (subject to hydrolysis) is 1. The lowest BCUT2D eigenvalue weighted by molar-refractivity contribution is -0.257. The molecule has 2 aromatic carbocycles. The molecule has 2 aromatic rings. The summed E-state index contributed by atoms with van der Waals surface area (Å²) in [4.78, 5) is 86.3. The number of nitrogens with one attached hydrogen (secondary N) is 2. The van der Waals surface area contributed by atoms with Crippen molar-refractivity contribution in [3.05, 3.63) is 59.7 Å². The van der Waals surface area contributed by atoms with Crippen LogP contribution in [-0.4, -0.2) is 91.6 Å². The fraction of sp³-hybridized carbons (Fsp3) is 0.441. The van der Waals surface area contributed by atoms with Crippen molar-refractivity contribution in [1.29, 1.82) is 0 Å². The summed E-state index contributed by atoms with van der Waals surface area (Å²) in [5.74, 6) is -4.87. The number of esters is 4. The van der Waals surface area contributed by atoms with Crippen molar-refractivity contribution in [2.45, 2.75) is 83.6 Å². The molecule has 1 aliphatic heterocycles. The molecule has 0 spiro atoms. The number of carbonyl (C=O) groups is 7. The average Bonchev–Trinajstić information content (AvgIpc) is 3.34. The molecule has 0 bridgehead atoms. The van der Waals surface area contributed by atoms with E-state index in [-0.39, 0.29) is 12.5 Å². The van der Waals surface area contributed by atoms with Gasteiger partial charge in [0.15, 0.2) is 30.3 Å². The Morgan fingerprint density at radius 3 is 1.73 bits per heavy atom. The third-order valence-electron chi connectivity index (χ3n) is 7.81. The van der Waals surface area contributed by atoms with Crippen LogP contribution in [0.4, 0.5) is 4.79 Å². The van der Waals surface area contributed by atoms with Crippen molar-refractivity contribution >= 4 is 41.7 Å². The Bertz CT molecular complexity index is 1560. The Morgan fingerprint density at radius 1 is 0.673 bits per heavy atom. The monoisotopic (exact) mass is 682 g/mol. The Morgan fingerprint density at radius 2 is 1.20 bits per heavy atom. The zero-order valence-corrected chi connectivity index (χ0v) is 27.6. The molecule has 2 unspecified atom stereocenters. The molecule has 15 nitrogen and oxygen atoms in total. The highest BCUT2D eigenvalue weighted by atomic mass is 16.7. The Balaban J connectivity index is 1.46. The first-order valence-corrected chi connectivity index (χ1v) is 15.5. The number of hydrogen-bond donors (Lipinski definition) is 2. The molecule has 15 heteroatoms. The number of benzene rings is 2. The second-order valence-electron chi connectivity index (χ2n) is 11.5. The van der Waals surface area contributed by atoms with Crippen molar-refractivity contribution in [3.8, 4) is 11.1 Å². The number of carbonyl (C=O) groups excluding carboxylic acids is 7. The molecule has 0 saturated carbocycles. The number of fused-ring (bicyclic) bond motifs is 3. The summed E-state index contributed by atoms with van der Waals surface area (Å²) in [7, 11) is 0. The molecule has 1 heterocycles. The molecule has 262 valence electrons. The van der Waals surface area contributed by atoms with Crippen LogP contribution in [0.1, 0.15) is 58.1 Å². The highest BCUT2D eigenvalue weighted by Crippen LogP contribution is 2.44. The fourth-order valence-electron chi connectivity index (χ4n) is 5.83. The van der Waals surface area contributed by atoms with E-state index in [9.17, 15) is 33.6 Å². The second-order valence-corrected chi connectivity index (χ2v) is 11.5. The highest BCUT2D eigenvalue weighted by molar-refractivity contribution is 5.91. The zero-order valence-electron chi connectivity index (χ0n) is 27.6. The van der Waals surface area contributed by atoms with Gasteiger partial charge >= 0.3 is 30.0 Å². The van der Waals surface area contributed by atoms with Crippen LogP contribution in [0.5, 0.6) is 0 Å². The average molecular weight is 683 g/mol. The minimum absolute atomic E-state index is 0.0264.